The Morgan fingerprint density at radius 1 is 0.762 bits per heavy atom. The molecule has 21 heavy (non-hydrogen) atoms. The molecule has 0 aromatic carbocycles. The topological polar surface area (TPSA) is 67.4 Å². The van der Waals surface area contributed by atoms with Gasteiger partial charge in [0, 0.05) is 11.8 Å². The van der Waals surface area contributed by atoms with E-state index in [1.165, 1.54) is 0 Å². The maximum absolute atomic E-state index is 12.2. The van der Waals surface area contributed by atoms with Gasteiger partial charge in [-0.15, -0.1) is 0 Å². The summed E-state index contributed by atoms with van der Waals surface area (Å²) < 4.78 is 5.44. The van der Waals surface area contributed by atoms with Crippen LogP contribution in [-0.2, 0) is 14.3 Å². The molecule has 2 amide bonds. The fourth-order valence-corrected chi connectivity index (χ4v) is 3.10. The lowest BCUT2D eigenvalue weighted by atomic mass is 10.0. The van der Waals surface area contributed by atoms with Gasteiger partial charge in [0.15, 0.2) is 0 Å². The summed E-state index contributed by atoms with van der Waals surface area (Å²) in [5, 5.41) is 6.07. The highest BCUT2D eigenvalue weighted by molar-refractivity contribution is 5.81. The maximum Gasteiger partial charge on any atom is 0.224 e. The zero-order valence-electron chi connectivity index (χ0n) is 12.1. The Bertz CT molecular complexity index is 414. The van der Waals surface area contributed by atoms with Gasteiger partial charge in [-0.05, 0) is 25.7 Å². The molecule has 1 fully saturated rings. The van der Waals surface area contributed by atoms with Crippen molar-refractivity contribution in [3.8, 4) is 0 Å². The van der Waals surface area contributed by atoms with Crippen molar-refractivity contribution < 1.29 is 14.3 Å². The first kappa shape index (κ1) is 14.3. The van der Waals surface area contributed by atoms with E-state index in [9.17, 15) is 9.59 Å². The SMILES string of the molecule is O=C(N[C@H]1COC[C@H]1NC(=O)C1CC=CC1)C1CC=CC1. The van der Waals surface area contributed by atoms with E-state index in [1.54, 1.807) is 0 Å². The summed E-state index contributed by atoms with van der Waals surface area (Å²) in [7, 11) is 0. The van der Waals surface area contributed by atoms with Crippen molar-refractivity contribution >= 4 is 11.8 Å². The van der Waals surface area contributed by atoms with Crippen molar-refractivity contribution in [2.75, 3.05) is 13.2 Å². The van der Waals surface area contributed by atoms with Crippen LogP contribution >= 0.6 is 0 Å². The van der Waals surface area contributed by atoms with Gasteiger partial charge in [0.25, 0.3) is 0 Å². The second kappa shape index (κ2) is 6.43. The Labute approximate surface area is 124 Å². The number of allylic oxidation sites excluding steroid dienone is 4. The van der Waals surface area contributed by atoms with Gasteiger partial charge in [0.1, 0.15) is 0 Å². The highest BCUT2D eigenvalue weighted by Gasteiger charge is 2.34. The third-order valence-corrected chi connectivity index (χ3v) is 4.49. The number of carbonyl (C=O) groups excluding carboxylic acids is 2. The summed E-state index contributed by atoms with van der Waals surface area (Å²) in [6.45, 7) is 0.944. The monoisotopic (exact) mass is 290 g/mol. The first-order valence-electron chi connectivity index (χ1n) is 7.72. The molecule has 0 radical (unpaired) electrons. The van der Waals surface area contributed by atoms with Crippen LogP contribution in [0.15, 0.2) is 24.3 Å². The van der Waals surface area contributed by atoms with Crippen molar-refractivity contribution in [1.82, 2.24) is 10.6 Å². The molecule has 5 heteroatoms. The van der Waals surface area contributed by atoms with Gasteiger partial charge in [-0.2, -0.15) is 0 Å². The van der Waals surface area contributed by atoms with E-state index in [0.717, 1.165) is 25.7 Å². The lowest BCUT2D eigenvalue weighted by Gasteiger charge is -2.23. The molecule has 114 valence electrons. The Balaban J connectivity index is 1.50. The summed E-state index contributed by atoms with van der Waals surface area (Å²) in [4.78, 5) is 24.3. The van der Waals surface area contributed by atoms with Crippen LogP contribution in [0, 0.1) is 11.8 Å². The molecule has 2 N–H and O–H groups in total. The lowest BCUT2D eigenvalue weighted by molar-refractivity contribution is -0.127. The molecule has 0 aromatic rings. The number of nitrogens with one attached hydrogen (secondary N) is 2. The number of rotatable bonds is 4. The first-order valence-corrected chi connectivity index (χ1v) is 7.72. The van der Waals surface area contributed by atoms with Gasteiger partial charge >= 0.3 is 0 Å². The number of hydrogen-bond acceptors (Lipinski definition) is 3. The van der Waals surface area contributed by atoms with E-state index >= 15 is 0 Å². The molecule has 5 nitrogen and oxygen atoms in total. The Morgan fingerprint density at radius 2 is 1.14 bits per heavy atom. The zero-order valence-corrected chi connectivity index (χ0v) is 12.1. The molecular weight excluding hydrogens is 268 g/mol. The largest absolute Gasteiger partial charge is 0.377 e. The van der Waals surface area contributed by atoms with E-state index in [1.807, 2.05) is 24.3 Å². The van der Waals surface area contributed by atoms with Crippen molar-refractivity contribution in [2.45, 2.75) is 37.8 Å². The molecule has 0 spiro atoms. The van der Waals surface area contributed by atoms with E-state index in [2.05, 4.69) is 10.6 Å². The van der Waals surface area contributed by atoms with Crippen molar-refractivity contribution in [1.29, 1.82) is 0 Å². The minimum Gasteiger partial charge on any atom is -0.377 e. The van der Waals surface area contributed by atoms with Crippen LogP contribution in [0.1, 0.15) is 25.7 Å². The van der Waals surface area contributed by atoms with Gasteiger partial charge in [-0.3, -0.25) is 9.59 Å². The molecule has 1 heterocycles. The molecule has 0 bridgehead atoms. The molecule has 0 unspecified atom stereocenters. The highest BCUT2D eigenvalue weighted by Crippen LogP contribution is 2.20. The third kappa shape index (κ3) is 3.35. The smallest absolute Gasteiger partial charge is 0.224 e. The predicted octanol–water partition coefficient (Wildman–Crippen LogP) is 0.919. The summed E-state index contributed by atoms with van der Waals surface area (Å²) >= 11 is 0. The van der Waals surface area contributed by atoms with Crippen LogP contribution in [0.3, 0.4) is 0 Å². The third-order valence-electron chi connectivity index (χ3n) is 4.49. The molecule has 1 aliphatic heterocycles. The molecule has 3 rings (SSSR count). The Hall–Kier alpha value is -1.62. The average molecular weight is 290 g/mol. The summed E-state index contributed by atoms with van der Waals surface area (Å²) in [5.74, 6) is 0.219. The van der Waals surface area contributed by atoms with Crippen LogP contribution in [0.25, 0.3) is 0 Å². The molecular formula is C16H22N2O3. The summed E-state index contributed by atoms with van der Waals surface area (Å²) in [5.41, 5.74) is 0. The molecule has 3 aliphatic rings. The number of hydrogen-bond donors (Lipinski definition) is 2. The minimum atomic E-state index is -0.114. The summed E-state index contributed by atoms with van der Waals surface area (Å²) in [6.07, 6.45) is 11.4. The summed E-state index contributed by atoms with van der Waals surface area (Å²) in [6, 6.07) is -0.229. The van der Waals surface area contributed by atoms with Crippen LogP contribution in [0.4, 0.5) is 0 Å². The van der Waals surface area contributed by atoms with E-state index in [-0.39, 0.29) is 35.7 Å². The fraction of sp³-hybridized carbons (Fsp3) is 0.625. The molecule has 2 atom stereocenters. The van der Waals surface area contributed by atoms with Crippen molar-refractivity contribution in [2.24, 2.45) is 11.8 Å². The van der Waals surface area contributed by atoms with Crippen LogP contribution in [0.2, 0.25) is 0 Å². The van der Waals surface area contributed by atoms with Crippen LogP contribution < -0.4 is 10.6 Å². The van der Waals surface area contributed by atoms with Gasteiger partial charge in [-0.25, -0.2) is 0 Å². The van der Waals surface area contributed by atoms with Crippen LogP contribution in [0.5, 0.6) is 0 Å². The average Bonchev–Trinajstić information content (AvgIpc) is 3.22. The standard InChI is InChI=1S/C16H22N2O3/c19-15(11-5-1-2-6-11)17-13-9-21-10-14(13)18-16(20)12-7-3-4-8-12/h1-4,11-14H,5-10H2,(H,17,19)(H,18,20)/t13-,14+. The van der Waals surface area contributed by atoms with E-state index in [4.69, 9.17) is 4.74 Å². The first-order chi connectivity index (χ1) is 10.2. The Kier molecular flexibility index (Phi) is 4.39. The zero-order chi connectivity index (χ0) is 14.7. The van der Waals surface area contributed by atoms with E-state index in [0.29, 0.717) is 13.2 Å². The van der Waals surface area contributed by atoms with Crippen molar-refractivity contribution in [3.63, 3.8) is 0 Å². The van der Waals surface area contributed by atoms with Crippen LogP contribution in [-0.4, -0.2) is 37.1 Å². The molecule has 0 saturated carbocycles. The fourth-order valence-electron chi connectivity index (χ4n) is 3.10. The second-order valence-electron chi connectivity index (χ2n) is 6.05. The second-order valence-corrected chi connectivity index (χ2v) is 6.05. The van der Waals surface area contributed by atoms with Gasteiger partial charge in [-0.1, -0.05) is 24.3 Å². The highest BCUT2D eigenvalue weighted by atomic mass is 16.5. The molecule has 2 aliphatic carbocycles. The van der Waals surface area contributed by atoms with Gasteiger partial charge in [0.2, 0.25) is 11.8 Å². The normalized spacial score (nSPS) is 29.1. The molecule has 1 saturated heterocycles. The minimum absolute atomic E-state index is 0.0426. The predicted molar refractivity (Wildman–Crippen MR) is 78.4 cm³/mol. The lowest BCUT2D eigenvalue weighted by Crippen LogP contribution is -2.52. The van der Waals surface area contributed by atoms with E-state index < -0.39 is 0 Å². The number of amides is 2. The van der Waals surface area contributed by atoms with Gasteiger partial charge < -0.3 is 15.4 Å². The number of ether oxygens (including phenoxy) is 1. The maximum atomic E-state index is 12.2. The van der Waals surface area contributed by atoms with Crippen molar-refractivity contribution in [3.05, 3.63) is 24.3 Å². The number of carbonyl (C=O) groups is 2. The molecule has 0 aromatic heterocycles. The Morgan fingerprint density at radius 3 is 1.52 bits per heavy atom. The quantitative estimate of drug-likeness (QED) is 0.757. The van der Waals surface area contributed by atoms with Gasteiger partial charge in [0.05, 0.1) is 25.3 Å².